The molecule has 2 N–H and O–H groups in total. The number of hydrogen-bond acceptors (Lipinski definition) is 3. The molecule has 1 saturated carbocycles. The van der Waals surface area contributed by atoms with E-state index >= 15 is 0 Å². The SMILES string of the molecule is CCC1(O)CCOc2ccc(C3(C(=O)O)CC3)cc21. The molecule has 1 heterocycles. The molecule has 1 aliphatic heterocycles. The van der Waals surface area contributed by atoms with Gasteiger partial charge in [-0.1, -0.05) is 13.0 Å². The van der Waals surface area contributed by atoms with E-state index in [1.807, 2.05) is 19.1 Å². The molecule has 4 nitrogen and oxygen atoms in total. The van der Waals surface area contributed by atoms with Crippen molar-refractivity contribution in [2.75, 3.05) is 6.61 Å². The number of hydrogen-bond donors (Lipinski definition) is 2. The van der Waals surface area contributed by atoms with E-state index in [9.17, 15) is 15.0 Å². The molecule has 3 rings (SSSR count). The molecule has 0 bridgehead atoms. The molecule has 0 aromatic heterocycles. The Kier molecular flexibility index (Phi) is 2.61. The van der Waals surface area contributed by atoms with Gasteiger partial charge >= 0.3 is 5.97 Å². The van der Waals surface area contributed by atoms with Crippen LogP contribution in [0.25, 0.3) is 0 Å². The topological polar surface area (TPSA) is 66.8 Å². The van der Waals surface area contributed by atoms with Gasteiger partial charge in [-0.05, 0) is 37.0 Å². The fourth-order valence-corrected chi connectivity index (χ4v) is 2.90. The lowest BCUT2D eigenvalue weighted by atomic mass is 9.83. The predicted molar refractivity (Wildman–Crippen MR) is 69.3 cm³/mol. The van der Waals surface area contributed by atoms with Crippen molar-refractivity contribution in [2.45, 2.75) is 43.6 Å². The predicted octanol–water partition coefficient (Wildman–Crippen LogP) is 2.18. The number of aliphatic hydroxyl groups is 1. The molecule has 1 unspecified atom stereocenters. The van der Waals surface area contributed by atoms with Gasteiger partial charge in [0.2, 0.25) is 0 Å². The van der Waals surface area contributed by atoms with Crippen LogP contribution in [0.2, 0.25) is 0 Å². The van der Waals surface area contributed by atoms with Gasteiger partial charge in [-0.15, -0.1) is 0 Å². The van der Waals surface area contributed by atoms with Crippen LogP contribution in [0.15, 0.2) is 18.2 Å². The Bertz CT molecular complexity index is 533. The maximum Gasteiger partial charge on any atom is 0.314 e. The monoisotopic (exact) mass is 262 g/mol. The fourth-order valence-electron chi connectivity index (χ4n) is 2.90. The first-order chi connectivity index (χ1) is 9.02. The molecule has 0 spiro atoms. The number of ether oxygens (including phenoxy) is 1. The van der Waals surface area contributed by atoms with E-state index in [-0.39, 0.29) is 0 Å². The Morgan fingerprint density at radius 1 is 1.37 bits per heavy atom. The molecule has 1 fully saturated rings. The van der Waals surface area contributed by atoms with Gasteiger partial charge in [-0.2, -0.15) is 0 Å². The zero-order chi connectivity index (χ0) is 13.7. The van der Waals surface area contributed by atoms with Crippen LogP contribution < -0.4 is 4.74 Å². The summed E-state index contributed by atoms with van der Waals surface area (Å²) in [6.45, 7) is 2.44. The Hall–Kier alpha value is -1.55. The van der Waals surface area contributed by atoms with Crippen LogP contribution in [0.5, 0.6) is 5.75 Å². The van der Waals surface area contributed by atoms with Gasteiger partial charge in [-0.25, -0.2) is 0 Å². The Morgan fingerprint density at radius 2 is 2.11 bits per heavy atom. The minimum absolute atomic E-state index is 0.501. The van der Waals surface area contributed by atoms with Crippen molar-refractivity contribution >= 4 is 5.97 Å². The molecular formula is C15H18O4. The second kappa shape index (κ2) is 3.97. The van der Waals surface area contributed by atoms with Crippen molar-refractivity contribution < 1.29 is 19.7 Å². The number of carbonyl (C=O) groups is 1. The minimum atomic E-state index is -0.891. The van der Waals surface area contributed by atoms with Crippen LogP contribution in [0, 0.1) is 0 Å². The second-order valence-corrected chi connectivity index (χ2v) is 5.58. The molecule has 2 aliphatic rings. The Labute approximate surface area is 112 Å². The third kappa shape index (κ3) is 1.74. The third-order valence-corrected chi connectivity index (χ3v) is 4.55. The van der Waals surface area contributed by atoms with Crippen molar-refractivity contribution in [1.82, 2.24) is 0 Å². The first kappa shape index (κ1) is 12.5. The minimum Gasteiger partial charge on any atom is -0.493 e. The lowest BCUT2D eigenvalue weighted by molar-refractivity contribution is -0.140. The maximum absolute atomic E-state index is 11.4. The van der Waals surface area contributed by atoms with E-state index in [1.165, 1.54) is 0 Å². The third-order valence-electron chi connectivity index (χ3n) is 4.55. The van der Waals surface area contributed by atoms with Crippen LogP contribution in [0.1, 0.15) is 43.7 Å². The molecule has 1 aliphatic carbocycles. The van der Waals surface area contributed by atoms with E-state index in [0.29, 0.717) is 38.0 Å². The number of carboxylic acid groups (broad SMARTS) is 1. The highest BCUT2D eigenvalue weighted by molar-refractivity contribution is 5.85. The highest BCUT2D eigenvalue weighted by Crippen LogP contribution is 2.50. The Morgan fingerprint density at radius 3 is 2.68 bits per heavy atom. The van der Waals surface area contributed by atoms with Gasteiger partial charge in [0, 0.05) is 12.0 Å². The summed E-state index contributed by atoms with van der Waals surface area (Å²) < 4.78 is 5.56. The van der Waals surface area contributed by atoms with E-state index in [4.69, 9.17) is 4.74 Å². The summed E-state index contributed by atoms with van der Waals surface area (Å²) >= 11 is 0. The standard InChI is InChI=1S/C15H18O4/c1-2-15(18)7-8-19-12-4-3-10(9-11(12)15)14(5-6-14)13(16)17/h3-4,9,18H,2,5-8H2,1H3,(H,16,17). The van der Waals surface area contributed by atoms with E-state index in [1.54, 1.807) is 6.07 Å². The van der Waals surface area contributed by atoms with Crippen molar-refractivity contribution in [1.29, 1.82) is 0 Å². The summed E-state index contributed by atoms with van der Waals surface area (Å²) in [5, 5.41) is 20.0. The molecule has 4 heteroatoms. The quantitative estimate of drug-likeness (QED) is 0.876. The summed E-state index contributed by atoms with van der Waals surface area (Å²) in [5.74, 6) is -0.0928. The van der Waals surface area contributed by atoms with Gasteiger partial charge in [0.05, 0.1) is 17.6 Å². The van der Waals surface area contributed by atoms with Crippen LogP contribution in [-0.2, 0) is 15.8 Å². The second-order valence-electron chi connectivity index (χ2n) is 5.58. The smallest absolute Gasteiger partial charge is 0.314 e. The lowest BCUT2D eigenvalue weighted by Crippen LogP contribution is -2.32. The Balaban J connectivity index is 2.08. The highest BCUT2D eigenvalue weighted by Gasteiger charge is 2.52. The highest BCUT2D eigenvalue weighted by atomic mass is 16.5. The van der Waals surface area contributed by atoms with Gasteiger partial charge in [0.1, 0.15) is 5.75 Å². The lowest BCUT2D eigenvalue weighted by Gasteiger charge is -2.34. The van der Waals surface area contributed by atoms with Crippen LogP contribution >= 0.6 is 0 Å². The van der Waals surface area contributed by atoms with Gasteiger partial charge in [-0.3, -0.25) is 4.79 Å². The summed E-state index contributed by atoms with van der Waals surface area (Å²) in [5.41, 5.74) is -0.0957. The molecule has 1 aromatic carbocycles. The van der Waals surface area contributed by atoms with Gasteiger partial charge < -0.3 is 14.9 Å². The van der Waals surface area contributed by atoms with Crippen LogP contribution in [0.3, 0.4) is 0 Å². The maximum atomic E-state index is 11.4. The van der Waals surface area contributed by atoms with Crippen LogP contribution in [0.4, 0.5) is 0 Å². The summed E-state index contributed by atoms with van der Waals surface area (Å²) in [7, 11) is 0. The average Bonchev–Trinajstić information content (AvgIpc) is 3.20. The number of fused-ring (bicyclic) bond motifs is 1. The number of benzene rings is 1. The van der Waals surface area contributed by atoms with Crippen molar-refractivity contribution in [3.05, 3.63) is 29.3 Å². The number of rotatable bonds is 3. The molecule has 1 atom stereocenters. The van der Waals surface area contributed by atoms with Gasteiger partial charge in [0.25, 0.3) is 0 Å². The molecule has 19 heavy (non-hydrogen) atoms. The molecule has 0 amide bonds. The number of aliphatic carboxylic acids is 1. The normalized spacial score (nSPS) is 27.3. The zero-order valence-corrected chi connectivity index (χ0v) is 11.0. The largest absolute Gasteiger partial charge is 0.493 e. The zero-order valence-electron chi connectivity index (χ0n) is 11.0. The van der Waals surface area contributed by atoms with Crippen LogP contribution in [-0.4, -0.2) is 22.8 Å². The summed E-state index contributed by atoms with van der Waals surface area (Å²) in [6, 6.07) is 5.45. The number of carboxylic acids is 1. The van der Waals surface area contributed by atoms with E-state index < -0.39 is 17.0 Å². The molecule has 102 valence electrons. The molecular weight excluding hydrogens is 244 g/mol. The molecule has 0 radical (unpaired) electrons. The van der Waals surface area contributed by atoms with Gasteiger partial charge in [0.15, 0.2) is 0 Å². The fraction of sp³-hybridized carbons (Fsp3) is 0.533. The molecule has 1 aromatic rings. The summed E-state index contributed by atoms with van der Waals surface area (Å²) in [6.07, 6.45) is 2.51. The van der Waals surface area contributed by atoms with E-state index in [0.717, 1.165) is 11.1 Å². The first-order valence-electron chi connectivity index (χ1n) is 6.75. The summed E-state index contributed by atoms with van der Waals surface area (Å²) in [4.78, 5) is 11.4. The first-order valence-corrected chi connectivity index (χ1v) is 6.75. The van der Waals surface area contributed by atoms with E-state index in [2.05, 4.69) is 0 Å². The van der Waals surface area contributed by atoms with Crippen molar-refractivity contribution in [2.24, 2.45) is 0 Å². The van der Waals surface area contributed by atoms with Crippen molar-refractivity contribution in [3.8, 4) is 5.75 Å². The van der Waals surface area contributed by atoms with Crippen molar-refractivity contribution in [3.63, 3.8) is 0 Å². The molecule has 0 saturated heterocycles. The average molecular weight is 262 g/mol.